The summed E-state index contributed by atoms with van der Waals surface area (Å²) in [4.78, 5) is 34.1. The first-order valence-corrected chi connectivity index (χ1v) is 7.24. The molecule has 0 atom stereocenters. The van der Waals surface area contributed by atoms with Gasteiger partial charge < -0.3 is 0 Å². The van der Waals surface area contributed by atoms with Gasteiger partial charge in [0, 0.05) is 17.7 Å². The summed E-state index contributed by atoms with van der Waals surface area (Å²) in [6.45, 7) is -0.0827. The molecule has 1 aromatic heterocycles. The van der Waals surface area contributed by atoms with Gasteiger partial charge in [0.25, 0.3) is 5.69 Å². The highest BCUT2D eigenvalue weighted by Gasteiger charge is 2.13. The molecule has 0 aliphatic carbocycles. The van der Waals surface area contributed by atoms with Gasteiger partial charge >= 0.3 is 4.87 Å². The van der Waals surface area contributed by atoms with Gasteiger partial charge in [-0.1, -0.05) is 23.5 Å². The van der Waals surface area contributed by atoms with E-state index in [0.29, 0.717) is 11.1 Å². The number of nitrogens with zero attached hydrogens (tertiary/aromatic N) is 2. The number of para-hydroxylation sites is 1. The van der Waals surface area contributed by atoms with Crippen LogP contribution in [0.3, 0.4) is 0 Å². The molecular formula is C15H10N2O4S. The first-order chi connectivity index (χ1) is 10.6. The van der Waals surface area contributed by atoms with Crippen LogP contribution < -0.4 is 4.87 Å². The second kappa shape index (κ2) is 5.53. The standard InChI is InChI=1S/C15H10N2O4S/c18-13(10-5-7-11(8-6-10)17(20)21)9-16-12-3-1-2-4-14(12)22-15(16)19/h1-8H,9H2. The third-order valence-electron chi connectivity index (χ3n) is 3.28. The van der Waals surface area contributed by atoms with Crippen molar-refractivity contribution in [1.29, 1.82) is 0 Å². The summed E-state index contributed by atoms with van der Waals surface area (Å²) in [7, 11) is 0. The third-order valence-corrected chi connectivity index (χ3v) is 4.24. The van der Waals surface area contributed by atoms with E-state index < -0.39 is 4.92 Å². The quantitative estimate of drug-likeness (QED) is 0.421. The summed E-state index contributed by atoms with van der Waals surface area (Å²) in [5.74, 6) is -0.263. The van der Waals surface area contributed by atoms with E-state index in [-0.39, 0.29) is 22.9 Å². The molecule has 2 aromatic carbocycles. The van der Waals surface area contributed by atoms with Crippen LogP contribution in [0.25, 0.3) is 10.2 Å². The topological polar surface area (TPSA) is 82.2 Å². The van der Waals surface area contributed by atoms with Crippen molar-refractivity contribution in [3.8, 4) is 0 Å². The maximum atomic E-state index is 12.3. The van der Waals surface area contributed by atoms with E-state index in [1.807, 2.05) is 12.1 Å². The second-order valence-corrected chi connectivity index (χ2v) is 5.64. The maximum Gasteiger partial charge on any atom is 0.308 e. The average Bonchev–Trinajstić information content (AvgIpc) is 2.83. The van der Waals surface area contributed by atoms with Crippen molar-refractivity contribution in [2.75, 3.05) is 0 Å². The van der Waals surface area contributed by atoms with Gasteiger partial charge in [-0.25, -0.2) is 0 Å². The number of Topliss-reactive ketones (excluding diaryl/α,β-unsaturated/α-hetero) is 1. The van der Waals surface area contributed by atoms with Crippen LogP contribution in [0.1, 0.15) is 10.4 Å². The molecule has 3 rings (SSSR count). The number of nitro groups is 1. The smallest absolute Gasteiger partial charge is 0.292 e. The first-order valence-electron chi connectivity index (χ1n) is 6.42. The molecule has 0 saturated heterocycles. The summed E-state index contributed by atoms with van der Waals surface area (Å²) in [6.07, 6.45) is 0. The van der Waals surface area contributed by atoms with Crippen molar-refractivity contribution in [3.05, 3.63) is 73.9 Å². The van der Waals surface area contributed by atoms with E-state index in [0.717, 1.165) is 16.0 Å². The number of thiazole rings is 1. The number of carbonyl (C=O) groups excluding carboxylic acids is 1. The number of benzene rings is 2. The lowest BCUT2D eigenvalue weighted by molar-refractivity contribution is -0.384. The van der Waals surface area contributed by atoms with E-state index in [1.54, 1.807) is 12.1 Å². The third kappa shape index (κ3) is 2.53. The van der Waals surface area contributed by atoms with Gasteiger partial charge in [0.15, 0.2) is 5.78 Å². The number of ketones is 1. The lowest BCUT2D eigenvalue weighted by Gasteiger charge is -2.03. The van der Waals surface area contributed by atoms with Crippen LogP contribution in [0.5, 0.6) is 0 Å². The Balaban J connectivity index is 1.91. The minimum atomic E-state index is -0.523. The molecule has 0 spiro atoms. The molecule has 22 heavy (non-hydrogen) atoms. The molecule has 0 radical (unpaired) electrons. The molecule has 0 bridgehead atoms. The minimum Gasteiger partial charge on any atom is -0.292 e. The first kappa shape index (κ1) is 14.2. The van der Waals surface area contributed by atoms with Crippen molar-refractivity contribution in [3.63, 3.8) is 0 Å². The molecule has 0 saturated carbocycles. The summed E-state index contributed by atoms with van der Waals surface area (Å²) < 4.78 is 2.24. The van der Waals surface area contributed by atoms with Crippen LogP contribution in [-0.2, 0) is 6.54 Å². The predicted octanol–water partition coefficient (Wildman–Crippen LogP) is 2.85. The van der Waals surface area contributed by atoms with Gasteiger partial charge in [0.05, 0.1) is 21.7 Å². The molecule has 0 amide bonds. The molecule has 3 aromatic rings. The van der Waals surface area contributed by atoms with Crippen LogP contribution >= 0.6 is 11.3 Å². The molecule has 0 unspecified atom stereocenters. The van der Waals surface area contributed by atoms with Gasteiger partial charge in [-0.3, -0.25) is 24.3 Å². The van der Waals surface area contributed by atoms with Crippen LogP contribution in [0.2, 0.25) is 0 Å². The number of nitro benzene ring substituents is 1. The summed E-state index contributed by atoms with van der Waals surface area (Å²) >= 11 is 1.09. The van der Waals surface area contributed by atoms with Gasteiger partial charge in [-0.2, -0.15) is 0 Å². The summed E-state index contributed by atoms with van der Waals surface area (Å²) in [5.41, 5.74) is 0.982. The summed E-state index contributed by atoms with van der Waals surface area (Å²) in [5, 5.41) is 10.6. The lowest BCUT2D eigenvalue weighted by atomic mass is 10.1. The Morgan fingerprint density at radius 2 is 1.82 bits per heavy atom. The normalized spacial score (nSPS) is 10.7. The molecule has 7 heteroatoms. The molecule has 6 nitrogen and oxygen atoms in total. The number of non-ortho nitro benzene ring substituents is 1. The fourth-order valence-electron chi connectivity index (χ4n) is 2.17. The van der Waals surface area contributed by atoms with Crippen molar-refractivity contribution >= 4 is 33.0 Å². The Hall–Kier alpha value is -2.80. The highest BCUT2D eigenvalue weighted by Crippen LogP contribution is 2.18. The molecule has 0 N–H and O–H groups in total. The Morgan fingerprint density at radius 1 is 1.14 bits per heavy atom. The summed E-state index contributed by atoms with van der Waals surface area (Å²) in [6, 6.07) is 12.6. The van der Waals surface area contributed by atoms with E-state index in [4.69, 9.17) is 0 Å². The molecule has 0 aliphatic heterocycles. The second-order valence-electron chi connectivity index (χ2n) is 4.65. The monoisotopic (exact) mass is 314 g/mol. The zero-order valence-electron chi connectivity index (χ0n) is 11.3. The zero-order chi connectivity index (χ0) is 15.7. The lowest BCUT2D eigenvalue weighted by Crippen LogP contribution is -2.19. The van der Waals surface area contributed by atoms with Crippen molar-refractivity contribution in [2.24, 2.45) is 0 Å². The van der Waals surface area contributed by atoms with E-state index in [1.165, 1.54) is 28.8 Å². The average molecular weight is 314 g/mol. The van der Waals surface area contributed by atoms with Gasteiger partial charge in [0.2, 0.25) is 0 Å². The number of rotatable bonds is 4. The predicted molar refractivity (Wildman–Crippen MR) is 83.5 cm³/mol. The van der Waals surface area contributed by atoms with Crippen LogP contribution in [0, 0.1) is 10.1 Å². The molecule has 110 valence electrons. The van der Waals surface area contributed by atoms with E-state index >= 15 is 0 Å². The van der Waals surface area contributed by atoms with Gasteiger partial charge in [-0.15, -0.1) is 0 Å². The minimum absolute atomic E-state index is 0.0744. The number of carbonyl (C=O) groups is 1. The highest BCUT2D eigenvalue weighted by atomic mass is 32.1. The van der Waals surface area contributed by atoms with E-state index in [9.17, 15) is 19.7 Å². The number of hydrogen-bond acceptors (Lipinski definition) is 5. The van der Waals surface area contributed by atoms with Gasteiger partial charge in [0.1, 0.15) is 0 Å². The molecular weight excluding hydrogens is 304 g/mol. The zero-order valence-corrected chi connectivity index (χ0v) is 12.1. The van der Waals surface area contributed by atoms with Gasteiger partial charge in [-0.05, 0) is 24.3 Å². The largest absolute Gasteiger partial charge is 0.308 e. The SMILES string of the molecule is O=C(Cn1c(=O)sc2ccccc21)c1ccc([N+](=O)[O-])cc1. The van der Waals surface area contributed by atoms with Crippen LogP contribution in [-0.4, -0.2) is 15.3 Å². The fraction of sp³-hybridized carbons (Fsp3) is 0.0667. The van der Waals surface area contributed by atoms with Crippen molar-refractivity contribution in [2.45, 2.75) is 6.54 Å². The van der Waals surface area contributed by atoms with Crippen LogP contribution in [0.15, 0.2) is 53.3 Å². The molecule has 0 fully saturated rings. The molecule has 1 heterocycles. The van der Waals surface area contributed by atoms with Crippen LogP contribution in [0.4, 0.5) is 5.69 Å². The highest BCUT2D eigenvalue weighted by molar-refractivity contribution is 7.16. The fourth-order valence-corrected chi connectivity index (χ4v) is 3.06. The Labute approximate surface area is 128 Å². The van der Waals surface area contributed by atoms with E-state index in [2.05, 4.69) is 0 Å². The Kier molecular flexibility index (Phi) is 3.56. The number of hydrogen-bond donors (Lipinski definition) is 0. The number of aromatic nitrogens is 1. The molecule has 0 aliphatic rings. The van der Waals surface area contributed by atoms with Crippen molar-refractivity contribution in [1.82, 2.24) is 4.57 Å². The van der Waals surface area contributed by atoms with Crippen molar-refractivity contribution < 1.29 is 9.72 Å². The Bertz CT molecular complexity index is 925. The number of fused-ring (bicyclic) bond motifs is 1. The maximum absolute atomic E-state index is 12.3. The Morgan fingerprint density at radius 3 is 2.50 bits per heavy atom.